The summed E-state index contributed by atoms with van der Waals surface area (Å²) in [6.07, 6.45) is 0. The van der Waals surface area contributed by atoms with Crippen molar-refractivity contribution in [3.8, 4) is 11.5 Å². The molecule has 174 valence electrons. The summed E-state index contributed by atoms with van der Waals surface area (Å²) < 4.78 is 38.4. The molecule has 3 aromatic rings. The zero-order valence-corrected chi connectivity index (χ0v) is 19.9. The molecule has 0 radical (unpaired) electrons. The molecule has 0 bridgehead atoms. The summed E-state index contributed by atoms with van der Waals surface area (Å²) in [5.41, 5.74) is 1.16. The Kier molecular flexibility index (Phi) is 8.19. The van der Waals surface area contributed by atoms with Crippen LogP contribution in [-0.2, 0) is 21.4 Å². The number of nitrogens with one attached hydrogen (secondary N) is 1. The van der Waals surface area contributed by atoms with Gasteiger partial charge in [-0.25, -0.2) is 8.42 Å². The first-order valence-electron chi connectivity index (χ1n) is 10.2. The molecule has 0 saturated heterocycles. The summed E-state index contributed by atoms with van der Waals surface area (Å²) in [6, 6.07) is 19.6. The number of nitrogens with zero attached hydrogens (tertiary/aromatic N) is 1. The molecule has 0 unspecified atom stereocenters. The molecule has 7 nitrogen and oxygen atoms in total. The fourth-order valence-corrected chi connectivity index (χ4v) is 4.64. The third-order valence-corrected chi connectivity index (χ3v) is 6.79. The maximum Gasteiger partial charge on any atom is 0.264 e. The average molecular weight is 489 g/mol. The van der Waals surface area contributed by atoms with Gasteiger partial charge in [0.1, 0.15) is 18.0 Å². The minimum absolute atomic E-state index is 0.0375. The van der Waals surface area contributed by atoms with Crippen LogP contribution in [0.3, 0.4) is 0 Å². The molecule has 1 N–H and O–H groups in total. The Morgan fingerprint density at radius 1 is 1.00 bits per heavy atom. The lowest BCUT2D eigenvalue weighted by molar-refractivity contribution is -0.119. The molecule has 3 rings (SSSR count). The van der Waals surface area contributed by atoms with Gasteiger partial charge in [0.2, 0.25) is 5.91 Å². The molecule has 0 spiro atoms. The molecular formula is C24H25ClN2O5S. The minimum atomic E-state index is -4.03. The van der Waals surface area contributed by atoms with Gasteiger partial charge in [0.25, 0.3) is 10.0 Å². The number of methoxy groups -OCH3 is 1. The highest BCUT2D eigenvalue weighted by Crippen LogP contribution is 2.26. The van der Waals surface area contributed by atoms with Gasteiger partial charge < -0.3 is 14.8 Å². The van der Waals surface area contributed by atoms with Gasteiger partial charge in [-0.1, -0.05) is 23.7 Å². The Morgan fingerprint density at radius 2 is 1.70 bits per heavy atom. The fourth-order valence-electron chi connectivity index (χ4n) is 3.10. The molecule has 0 atom stereocenters. The SMILES string of the molecule is CCOc1cccc(CNC(=O)CN(c2ccc(Cl)cc2)S(=O)(=O)c2ccc(OC)cc2)c1. The van der Waals surface area contributed by atoms with E-state index in [0.717, 1.165) is 9.87 Å². The van der Waals surface area contributed by atoms with Gasteiger partial charge in [-0.3, -0.25) is 9.10 Å². The zero-order chi connectivity index (χ0) is 23.8. The Balaban J connectivity index is 1.81. The second-order valence-electron chi connectivity index (χ2n) is 7.02. The highest BCUT2D eigenvalue weighted by Gasteiger charge is 2.27. The third kappa shape index (κ3) is 6.40. The number of amides is 1. The van der Waals surface area contributed by atoms with E-state index in [9.17, 15) is 13.2 Å². The van der Waals surface area contributed by atoms with Gasteiger partial charge in [0.05, 0.1) is 24.3 Å². The van der Waals surface area contributed by atoms with Crippen molar-refractivity contribution in [1.29, 1.82) is 0 Å². The van der Waals surface area contributed by atoms with E-state index < -0.39 is 22.5 Å². The normalized spacial score (nSPS) is 11.0. The molecule has 33 heavy (non-hydrogen) atoms. The van der Waals surface area contributed by atoms with E-state index in [1.165, 1.54) is 19.2 Å². The van der Waals surface area contributed by atoms with Crippen LogP contribution in [0.15, 0.2) is 77.7 Å². The number of hydrogen-bond acceptors (Lipinski definition) is 5. The van der Waals surface area contributed by atoms with Crippen molar-refractivity contribution in [3.05, 3.63) is 83.4 Å². The highest BCUT2D eigenvalue weighted by atomic mass is 35.5. The van der Waals surface area contributed by atoms with Gasteiger partial charge in [-0.15, -0.1) is 0 Å². The Morgan fingerprint density at radius 3 is 2.33 bits per heavy atom. The van der Waals surface area contributed by atoms with Crippen molar-refractivity contribution in [1.82, 2.24) is 5.32 Å². The molecule has 3 aromatic carbocycles. The van der Waals surface area contributed by atoms with E-state index in [-0.39, 0.29) is 11.4 Å². The number of anilines is 1. The first-order valence-corrected chi connectivity index (χ1v) is 12.1. The summed E-state index contributed by atoms with van der Waals surface area (Å²) in [6.45, 7) is 2.26. The van der Waals surface area contributed by atoms with Gasteiger partial charge in [-0.2, -0.15) is 0 Å². The smallest absolute Gasteiger partial charge is 0.264 e. The summed E-state index contributed by atoms with van der Waals surface area (Å²) in [5.74, 6) is 0.775. The predicted octanol–water partition coefficient (Wildman–Crippen LogP) is 4.26. The fraction of sp³-hybridized carbons (Fsp3) is 0.208. The average Bonchev–Trinajstić information content (AvgIpc) is 2.82. The van der Waals surface area contributed by atoms with Crippen LogP contribution in [0.5, 0.6) is 11.5 Å². The molecule has 0 aliphatic rings. The lowest BCUT2D eigenvalue weighted by Gasteiger charge is -2.24. The molecule has 0 aliphatic carbocycles. The molecule has 0 fully saturated rings. The number of carbonyl (C=O) groups excluding carboxylic acids is 1. The highest BCUT2D eigenvalue weighted by molar-refractivity contribution is 7.92. The molecule has 0 saturated carbocycles. The number of hydrogen-bond donors (Lipinski definition) is 1. The molecular weight excluding hydrogens is 464 g/mol. The maximum atomic E-state index is 13.4. The number of carbonyl (C=O) groups is 1. The van der Waals surface area contributed by atoms with E-state index in [4.69, 9.17) is 21.1 Å². The van der Waals surface area contributed by atoms with Crippen molar-refractivity contribution in [3.63, 3.8) is 0 Å². The van der Waals surface area contributed by atoms with E-state index >= 15 is 0 Å². The predicted molar refractivity (Wildman–Crippen MR) is 128 cm³/mol. The maximum absolute atomic E-state index is 13.4. The Hall–Kier alpha value is -3.23. The monoisotopic (exact) mass is 488 g/mol. The number of benzene rings is 3. The number of sulfonamides is 1. The van der Waals surface area contributed by atoms with Crippen molar-refractivity contribution in [2.45, 2.75) is 18.4 Å². The first kappa shape index (κ1) is 24.4. The van der Waals surface area contributed by atoms with Crippen molar-refractivity contribution >= 4 is 33.2 Å². The molecule has 0 heterocycles. The third-order valence-electron chi connectivity index (χ3n) is 4.75. The quantitative estimate of drug-likeness (QED) is 0.461. The van der Waals surface area contributed by atoms with Crippen LogP contribution in [0.2, 0.25) is 5.02 Å². The van der Waals surface area contributed by atoms with E-state index in [2.05, 4.69) is 5.32 Å². The Bertz CT molecular complexity index is 1180. The van der Waals surface area contributed by atoms with Crippen LogP contribution in [0, 0.1) is 0 Å². The first-order chi connectivity index (χ1) is 15.8. The molecule has 1 amide bonds. The van der Waals surface area contributed by atoms with E-state index in [0.29, 0.717) is 28.8 Å². The Labute approximate surface area is 198 Å². The van der Waals surface area contributed by atoms with Crippen molar-refractivity contribution < 1.29 is 22.7 Å². The van der Waals surface area contributed by atoms with Crippen LogP contribution in [-0.4, -0.2) is 34.6 Å². The van der Waals surface area contributed by atoms with Gasteiger partial charge in [0.15, 0.2) is 0 Å². The van der Waals surface area contributed by atoms with Crippen LogP contribution < -0.4 is 19.1 Å². The molecule has 0 aliphatic heterocycles. The van der Waals surface area contributed by atoms with Crippen LogP contribution in [0.25, 0.3) is 0 Å². The second-order valence-corrected chi connectivity index (χ2v) is 9.32. The van der Waals surface area contributed by atoms with Gasteiger partial charge in [-0.05, 0) is 73.2 Å². The van der Waals surface area contributed by atoms with Gasteiger partial charge in [0, 0.05) is 11.6 Å². The van der Waals surface area contributed by atoms with E-state index in [1.54, 1.807) is 36.4 Å². The number of ether oxygens (including phenoxy) is 2. The topological polar surface area (TPSA) is 84.9 Å². The van der Waals surface area contributed by atoms with Crippen LogP contribution >= 0.6 is 11.6 Å². The van der Waals surface area contributed by atoms with E-state index in [1.807, 2.05) is 31.2 Å². The number of halogens is 1. The van der Waals surface area contributed by atoms with Crippen molar-refractivity contribution in [2.75, 3.05) is 24.6 Å². The minimum Gasteiger partial charge on any atom is -0.497 e. The molecule has 9 heteroatoms. The summed E-state index contributed by atoms with van der Waals surface area (Å²) >= 11 is 5.97. The van der Waals surface area contributed by atoms with Gasteiger partial charge >= 0.3 is 0 Å². The zero-order valence-electron chi connectivity index (χ0n) is 18.3. The van der Waals surface area contributed by atoms with Crippen LogP contribution in [0.4, 0.5) is 5.69 Å². The summed E-state index contributed by atoms with van der Waals surface area (Å²) in [4.78, 5) is 12.8. The summed E-state index contributed by atoms with van der Waals surface area (Å²) in [7, 11) is -2.53. The van der Waals surface area contributed by atoms with Crippen molar-refractivity contribution in [2.24, 2.45) is 0 Å². The molecule has 0 aromatic heterocycles. The standard InChI is InChI=1S/C24H25ClN2O5S/c1-3-32-22-6-4-5-18(15-22)16-26-24(28)17-27(20-9-7-19(25)8-10-20)33(29,30)23-13-11-21(31-2)12-14-23/h4-15H,3,16-17H2,1-2H3,(H,26,28). The number of rotatable bonds is 10. The largest absolute Gasteiger partial charge is 0.497 e. The lowest BCUT2D eigenvalue weighted by atomic mass is 10.2. The van der Waals surface area contributed by atoms with Crippen LogP contribution in [0.1, 0.15) is 12.5 Å². The second kappa shape index (κ2) is 11.1. The lowest BCUT2D eigenvalue weighted by Crippen LogP contribution is -2.40. The summed E-state index contributed by atoms with van der Waals surface area (Å²) in [5, 5.41) is 3.23.